The first-order valence-corrected chi connectivity index (χ1v) is 6.25. The Morgan fingerprint density at radius 2 is 1.79 bits per heavy atom. The Kier molecular flexibility index (Phi) is 5.70. The lowest BCUT2D eigenvalue weighted by Gasteiger charge is -2.21. The topological polar surface area (TPSA) is 47.9 Å². The Labute approximate surface area is 114 Å². The van der Waals surface area contributed by atoms with Crippen LogP contribution in [0.25, 0.3) is 0 Å². The predicted molar refractivity (Wildman–Crippen MR) is 75.7 cm³/mol. The Morgan fingerprint density at radius 1 is 1.16 bits per heavy atom. The van der Waals surface area contributed by atoms with Crippen LogP contribution in [0.1, 0.15) is 26.3 Å². The zero-order valence-electron chi connectivity index (χ0n) is 12.0. The molecule has 0 aliphatic rings. The number of carbonyl (C=O) groups is 1. The third-order valence-electron chi connectivity index (χ3n) is 2.47. The van der Waals surface area contributed by atoms with Gasteiger partial charge in [-0.15, -0.1) is 0 Å². The number of aliphatic imine (C=N–C) groups is 1. The van der Waals surface area contributed by atoms with Crippen molar-refractivity contribution in [2.45, 2.75) is 20.8 Å². The van der Waals surface area contributed by atoms with Crippen molar-refractivity contribution in [3.63, 3.8) is 0 Å². The molecule has 0 aliphatic carbocycles. The van der Waals surface area contributed by atoms with Crippen molar-refractivity contribution in [2.24, 2.45) is 10.4 Å². The summed E-state index contributed by atoms with van der Waals surface area (Å²) in [5.74, 6) is 0. The molecule has 0 fully saturated rings. The van der Waals surface area contributed by atoms with Crippen molar-refractivity contribution in [1.82, 2.24) is 0 Å². The Bertz CT molecular complexity index is 432. The molecule has 104 valence electrons. The number of rotatable bonds is 4. The maximum atomic E-state index is 11.7. The number of amides is 1. The van der Waals surface area contributed by atoms with Crippen LogP contribution in [-0.4, -0.2) is 32.1 Å². The molecule has 1 aromatic rings. The number of hydrogen-bond donors (Lipinski definition) is 0. The van der Waals surface area contributed by atoms with Crippen LogP contribution in [0.5, 0.6) is 0 Å². The molecule has 0 heterocycles. The Morgan fingerprint density at radius 3 is 2.32 bits per heavy atom. The molecule has 0 bridgehead atoms. The molecule has 1 amide bonds. The van der Waals surface area contributed by atoms with Crippen LogP contribution in [0.3, 0.4) is 0 Å². The van der Waals surface area contributed by atoms with Crippen molar-refractivity contribution in [3.8, 4) is 0 Å². The maximum absolute atomic E-state index is 11.7. The molecular weight excluding hydrogens is 242 g/mol. The SMILES string of the molecule is COCCOC(=O)N=C(c1ccccc1)C(C)(C)C. The molecule has 0 aliphatic heterocycles. The zero-order valence-corrected chi connectivity index (χ0v) is 12.0. The summed E-state index contributed by atoms with van der Waals surface area (Å²) in [7, 11) is 1.56. The van der Waals surface area contributed by atoms with E-state index >= 15 is 0 Å². The highest BCUT2D eigenvalue weighted by Crippen LogP contribution is 2.22. The van der Waals surface area contributed by atoms with Gasteiger partial charge in [0.05, 0.1) is 12.3 Å². The minimum Gasteiger partial charge on any atom is -0.445 e. The van der Waals surface area contributed by atoms with Crippen LogP contribution in [0, 0.1) is 5.41 Å². The molecule has 19 heavy (non-hydrogen) atoms. The molecule has 1 rings (SSSR count). The van der Waals surface area contributed by atoms with E-state index in [-0.39, 0.29) is 12.0 Å². The maximum Gasteiger partial charge on any atom is 0.433 e. The average Bonchev–Trinajstić information content (AvgIpc) is 2.36. The lowest BCUT2D eigenvalue weighted by Crippen LogP contribution is -2.23. The fourth-order valence-corrected chi connectivity index (χ4v) is 1.60. The van der Waals surface area contributed by atoms with E-state index in [9.17, 15) is 4.79 Å². The van der Waals surface area contributed by atoms with Gasteiger partial charge in [0.2, 0.25) is 0 Å². The van der Waals surface area contributed by atoms with Gasteiger partial charge in [-0.1, -0.05) is 51.1 Å². The normalized spacial score (nSPS) is 12.3. The lowest BCUT2D eigenvalue weighted by atomic mass is 9.85. The van der Waals surface area contributed by atoms with Crippen LogP contribution in [0.2, 0.25) is 0 Å². The summed E-state index contributed by atoms with van der Waals surface area (Å²) >= 11 is 0. The number of hydrogen-bond acceptors (Lipinski definition) is 3. The lowest BCUT2D eigenvalue weighted by molar-refractivity contribution is 0.105. The van der Waals surface area contributed by atoms with Gasteiger partial charge in [0.15, 0.2) is 0 Å². The molecule has 0 N–H and O–H groups in total. The summed E-state index contributed by atoms with van der Waals surface area (Å²) in [5, 5.41) is 0. The molecule has 0 atom stereocenters. The van der Waals surface area contributed by atoms with Crippen LogP contribution < -0.4 is 0 Å². The molecule has 0 saturated heterocycles. The summed E-state index contributed by atoms with van der Waals surface area (Å²) < 4.78 is 9.80. The van der Waals surface area contributed by atoms with Crippen molar-refractivity contribution >= 4 is 11.8 Å². The van der Waals surface area contributed by atoms with Crippen molar-refractivity contribution in [2.75, 3.05) is 20.3 Å². The Balaban J connectivity index is 2.90. The van der Waals surface area contributed by atoms with Gasteiger partial charge >= 0.3 is 6.09 Å². The third kappa shape index (κ3) is 5.22. The molecular formula is C15H21NO3. The van der Waals surface area contributed by atoms with Crippen LogP contribution in [0.15, 0.2) is 35.3 Å². The smallest absolute Gasteiger partial charge is 0.433 e. The van der Waals surface area contributed by atoms with E-state index < -0.39 is 6.09 Å². The number of benzene rings is 1. The second kappa shape index (κ2) is 7.04. The minimum absolute atomic E-state index is 0.213. The highest BCUT2D eigenvalue weighted by atomic mass is 16.6. The van der Waals surface area contributed by atoms with Crippen LogP contribution in [0.4, 0.5) is 4.79 Å². The quantitative estimate of drug-likeness (QED) is 0.618. The van der Waals surface area contributed by atoms with E-state index in [0.29, 0.717) is 6.61 Å². The minimum atomic E-state index is -0.578. The van der Waals surface area contributed by atoms with Gasteiger partial charge in [0.1, 0.15) is 6.61 Å². The fourth-order valence-electron chi connectivity index (χ4n) is 1.60. The molecule has 0 radical (unpaired) electrons. The first-order chi connectivity index (χ1) is 8.95. The van der Waals surface area contributed by atoms with Gasteiger partial charge in [0.25, 0.3) is 0 Å². The van der Waals surface area contributed by atoms with E-state index in [1.54, 1.807) is 7.11 Å². The summed E-state index contributed by atoms with van der Waals surface area (Å²) in [4.78, 5) is 15.8. The van der Waals surface area contributed by atoms with Gasteiger partial charge in [-0.2, -0.15) is 4.99 Å². The second-order valence-corrected chi connectivity index (χ2v) is 5.18. The Hall–Kier alpha value is -1.68. The molecule has 0 saturated carbocycles. The van der Waals surface area contributed by atoms with Gasteiger partial charge in [-0.05, 0) is 5.56 Å². The average molecular weight is 263 g/mol. The molecule has 1 aromatic carbocycles. The highest BCUT2D eigenvalue weighted by molar-refractivity contribution is 6.08. The van der Waals surface area contributed by atoms with Gasteiger partial charge < -0.3 is 9.47 Å². The summed E-state index contributed by atoms with van der Waals surface area (Å²) in [6.07, 6.45) is -0.578. The van der Waals surface area contributed by atoms with E-state index in [1.807, 2.05) is 51.1 Å². The van der Waals surface area contributed by atoms with Crippen LogP contribution >= 0.6 is 0 Å². The van der Waals surface area contributed by atoms with Crippen molar-refractivity contribution in [1.29, 1.82) is 0 Å². The zero-order chi connectivity index (χ0) is 14.3. The van der Waals surface area contributed by atoms with E-state index in [2.05, 4.69) is 4.99 Å². The number of nitrogens with zero attached hydrogens (tertiary/aromatic N) is 1. The molecule has 0 unspecified atom stereocenters. The largest absolute Gasteiger partial charge is 0.445 e. The third-order valence-corrected chi connectivity index (χ3v) is 2.47. The van der Waals surface area contributed by atoms with Crippen LogP contribution in [-0.2, 0) is 9.47 Å². The second-order valence-electron chi connectivity index (χ2n) is 5.18. The summed E-state index contributed by atoms with van der Waals surface area (Å²) in [5.41, 5.74) is 1.41. The standard InChI is InChI=1S/C15H21NO3/c1-15(2,3)13(12-8-6-5-7-9-12)16-14(17)19-11-10-18-4/h5-9H,10-11H2,1-4H3. The molecule has 4 heteroatoms. The molecule has 0 aromatic heterocycles. The van der Waals surface area contributed by atoms with E-state index in [0.717, 1.165) is 11.3 Å². The number of carbonyl (C=O) groups excluding carboxylic acids is 1. The van der Waals surface area contributed by atoms with Gasteiger partial charge in [-0.25, -0.2) is 4.79 Å². The van der Waals surface area contributed by atoms with Crippen molar-refractivity contribution < 1.29 is 14.3 Å². The monoisotopic (exact) mass is 263 g/mol. The van der Waals surface area contributed by atoms with E-state index in [1.165, 1.54) is 0 Å². The number of methoxy groups -OCH3 is 1. The first kappa shape index (κ1) is 15.4. The van der Waals surface area contributed by atoms with Gasteiger partial charge in [-0.3, -0.25) is 0 Å². The first-order valence-electron chi connectivity index (χ1n) is 6.25. The predicted octanol–water partition coefficient (Wildman–Crippen LogP) is 3.30. The molecule has 4 nitrogen and oxygen atoms in total. The highest BCUT2D eigenvalue weighted by Gasteiger charge is 2.22. The van der Waals surface area contributed by atoms with Gasteiger partial charge in [0, 0.05) is 12.5 Å². The summed E-state index contributed by atoms with van der Waals surface area (Å²) in [6.45, 7) is 6.63. The summed E-state index contributed by atoms with van der Waals surface area (Å²) in [6, 6.07) is 9.65. The van der Waals surface area contributed by atoms with E-state index in [4.69, 9.17) is 9.47 Å². The number of ether oxygens (including phenoxy) is 2. The fraction of sp³-hybridized carbons (Fsp3) is 0.467. The molecule has 0 spiro atoms. The van der Waals surface area contributed by atoms with Crippen molar-refractivity contribution in [3.05, 3.63) is 35.9 Å².